The van der Waals surface area contributed by atoms with E-state index in [9.17, 15) is 9.59 Å². The van der Waals surface area contributed by atoms with Crippen LogP contribution >= 0.6 is 23.2 Å². The van der Waals surface area contributed by atoms with Crippen molar-refractivity contribution < 1.29 is 9.53 Å². The molecule has 1 fully saturated rings. The Hall–Kier alpha value is -2.54. The highest BCUT2D eigenvalue weighted by atomic mass is 35.5. The molecular weight excluding hydrogens is 521 g/mol. The molecule has 0 spiro atoms. The standard InChI is InChI=1S/C30H37Cl2N3O3/c1-3-22(2)28(36)13-15-35-27-21-24(11-9-23(27)10-12-29(35)37)38-20-5-4-14-33-16-18-34(19-17-33)26-8-6-7-25(31)30(26)32/h6-12,21-22H,3-5,13-20H2,1-2H3. The predicted octanol–water partition coefficient (Wildman–Crippen LogP) is 6.29. The zero-order chi connectivity index (χ0) is 27.1. The first kappa shape index (κ1) is 28.5. The number of pyridine rings is 1. The number of aromatic nitrogens is 1. The van der Waals surface area contributed by atoms with Crippen LogP contribution in [0, 0.1) is 5.92 Å². The van der Waals surface area contributed by atoms with Gasteiger partial charge in [-0.1, -0.05) is 43.1 Å². The molecule has 0 saturated carbocycles. The van der Waals surface area contributed by atoms with Gasteiger partial charge in [-0.15, -0.1) is 0 Å². The third-order valence-electron chi connectivity index (χ3n) is 7.49. The minimum atomic E-state index is -0.0932. The Morgan fingerprint density at radius 3 is 2.53 bits per heavy atom. The summed E-state index contributed by atoms with van der Waals surface area (Å²) in [6.45, 7) is 9.83. The van der Waals surface area contributed by atoms with E-state index in [1.165, 1.54) is 0 Å². The average molecular weight is 559 g/mol. The highest BCUT2D eigenvalue weighted by molar-refractivity contribution is 6.43. The zero-order valence-electron chi connectivity index (χ0n) is 22.3. The van der Waals surface area contributed by atoms with Gasteiger partial charge in [-0.05, 0) is 61.5 Å². The van der Waals surface area contributed by atoms with E-state index < -0.39 is 0 Å². The fourth-order valence-electron chi connectivity index (χ4n) is 4.86. The predicted molar refractivity (Wildman–Crippen MR) is 157 cm³/mol. The number of halogens is 2. The fourth-order valence-corrected chi connectivity index (χ4v) is 5.28. The molecule has 1 aromatic heterocycles. The topological polar surface area (TPSA) is 54.8 Å². The number of aryl methyl sites for hydroxylation is 1. The maximum absolute atomic E-state index is 12.6. The van der Waals surface area contributed by atoms with Crippen LogP contribution in [0.3, 0.4) is 0 Å². The van der Waals surface area contributed by atoms with E-state index in [1.807, 2.05) is 56.3 Å². The lowest BCUT2D eigenvalue weighted by Gasteiger charge is -2.36. The number of ether oxygens (including phenoxy) is 1. The maximum atomic E-state index is 12.6. The highest BCUT2D eigenvalue weighted by Gasteiger charge is 2.19. The van der Waals surface area contributed by atoms with Crippen molar-refractivity contribution >= 4 is 45.6 Å². The van der Waals surface area contributed by atoms with Crippen molar-refractivity contribution in [3.8, 4) is 5.75 Å². The van der Waals surface area contributed by atoms with Crippen LogP contribution in [-0.4, -0.2) is 54.6 Å². The Morgan fingerprint density at radius 2 is 1.76 bits per heavy atom. The van der Waals surface area contributed by atoms with E-state index in [4.69, 9.17) is 27.9 Å². The van der Waals surface area contributed by atoms with Crippen LogP contribution in [0.5, 0.6) is 5.75 Å². The summed E-state index contributed by atoms with van der Waals surface area (Å²) in [5.41, 5.74) is 1.73. The van der Waals surface area contributed by atoms with E-state index >= 15 is 0 Å². The molecule has 1 aliphatic rings. The van der Waals surface area contributed by atoms with Crippen molar-refractivity contribution in [2.24, 2.45) is 5.92 Å². The van der Waals surface area contributed by atoms with Gasteiger partial charge in [0.25, 0.3) is 5.56 Å². The molecular formula is C30H37Cl2N3O3. The summed E-state index contributed by atoms with van der Waals surface area (Å²) in [6, 6.07) is 15.0. The minimum Gasteiger partial charge on any atom is -0.494 e. The van der Waals surface area contributed by atoms with E-state index in [-0.39, 0.29) is 17.3 Å². The summed E-state index contributed by atoms with van der Waals surface area (Å²) >= 11 is 12.6. The van der Waals surface area contributed by atoms with Gasteiger partial charge < -0.3 is 14.2 Å². The van der Waals surface area contributed by atoms with Crippen LogP contribution in [0.2, 0.25) is 10.0 Å². The number of benzene rings is 2. The molecule has 8 heteroatoms. The monoisotopic (exact) mass is 557 g/mol. The first-order valence-corrected chi connectivity index (χ1v) is 14.3. The van der Waals surface area contributed by atoms with Gasteiger partial charge in [0, 0.05) is 57.2 Å². The molecule has 0 radical (unpaired) electrons. The molecule has 1 aliphatic heterocycles. The van der Waals surface area contributed by atoms with Crippen LogP contribution in [0.4, 0.5) is 5.69 Å². The van der Waals surface area contributed by atoms with Crippen LogP contribution < -0.4 is 15.2 Å². The fraction of sp³-hybridized carbons (Fsp3) is 0.467. The normalized spacial score (nSPS) is 15.1. The van der Waals surface area contributed by atoms with E-state index in [0.29, 0.717) is 29.6 Å². The second-order valence-electron chi connectivity index (χ2n) is 10.0. The molecule has 0 N–H and O–H groups in total. The van der Waals surface area contributed by atoms with E-state index in [1.54, 1.807) is 10.6 Å². The lowest BCUT2D eigenvalue weighted by atomic mass is 10.0. The Bertz CT molecular complexity index is 1300. The number of unbranched alkanes of at least 4 members (excludes halogenated alkanes) is 1. The van der Waals surface area contributed by atoms with Crippen molar-refractivity contribution in [3.05, 3.63) is 68.9 Å². The van der Waals surface area contributed by atoms with Gasteiger partial charge in [-0.3, -0.25) is 14.5 Å². The molecule has 6 nitrogen and oxygen atoms in total. The zero-order valence-corrected chi connectivity index (χ0v) is 23.8. The van der Waals surface area contributed by atoms with Crippen molar-refractivity contribution in [2.45, 2.75) is 46.1 Å². The SMILES string of the molecule is CCC(C)C(=O)CCn1c(=O)ccc2ccc(OCCCCN3CCN(c4cccc(Cl)c4Cl)CC3)cc21. The summed E-state index contributed by atoms with van der Waals surface area (Å²) < 4.78 is 7.74. The summed E-state index contributed by atoms with van der Waals surface area (Å²) in [5, 5.41) is 2.19. The first-order chi connectivity index (χ1) is 18.4. The number of nitrogens with zero attached hydrogens (tertiary/aromatic N) is 3. The lowest BCUT2D eigenvalue weighted by Crippen LogP contribution is -2.46. The average Bonchev–Trinajstić information content (AvgIpc) is 2.93. The number of carbonyl (C=O) groups is 1. The second kappa shape index (κ2) is 13.5. The summed E-state index contributed by atoms with van der Waals surface area (Å²) in [7, 11) is 0. The molecule has 0 bridgehead atoms. The highest BCUT2D eigenvalue weighted by Crippen LogP contribution is 2.33. The maximum Gasteiger partial charge on any atom is 0.251 e. The van der Waals surface area contributed by atoms with Crippen molar-refractivity contribution in [3.63, 3.8) is 0 Å². The van der Waals surface area contributed by atoms with Crippen molar-refractivity contribution in [2.75, 3.05) is 44.2 Å². The summed E-state index contributed by atoms with van der Waals surface area (Å²) in [6.07, 6.45) is 3.17. The minimum absolute atomic E-state index is 0.0184. The van der Waals surface area contributed by atoms with Crippen LogP contribution in [0.1, 0.15) is 39.5 Å². The van der Waals surface area contributed by atoms with Crippen LogP contribution in [0.15, 0.2) is 53.3 Å². The van der Waals surface area contributed by atoms with Gasteiger partial charge in [0.1, 0.15) is 11.5 Å². The third kappa shape index (κ3) is 7.10. The smallest absolute Gasteiger partial charge is 0.251 e. The number of carbonyl (C=O) groups excluding carboxylic acids is 1. The Labute approximate surface area is 235 Å². The van der Waals surface area contributed by atoms with Gasteiger partial charge in [0.05, 0.1) is 27.9 Å². The summed E-state index contributed by atoms with van der Waals surface area (Å²) in [5.74, 6) is 0.959. The van der Waals surface area contributed by atoms with E-state index in [0.717, 1.165) is 74.3 Å². The molecule has 204 valence electrons. The van der Waals surface area contributed by atoms with Crippen LogP contribution in [0.25, 0.3) is 10.9 Å². The Morgan fingerprint density at radius 1 is 1.00 bits per heavy atom. The van der Waals surface area contributed by atoms with E-state index in [2.05, 4.69) is 9.80 Å². The number of piperazine rings is 1. The number of hydrogen-bond donors (Lipinski definition) is 0. The Balaban J connectivity index is 1.24. The molecule has 0 amide bonds. The number of fused-ring (bicyclic) bond motifs is 1. The largest absolute Gasteiger partial charge is 0.494 e. The number of anilines is 1. The summed E-state index contributed by atoms with van der Waals surface area (Å²) in [4.78, 5) is 29.7. The Kier molecular flexibility index (Phi) is 10.1. The van der Waals surface area contributed by atoms with Gasteiger partial charge >= 0.3 is 0 Å². The first-order valence-electron chi connectivity index (χ1n) is 13.6. The second-order valence-corrected chi connectivity index (χ2v) is 10.8. The third-order valence-corrected chi connectivity index (χ3v) is 8.30. The van der Waals surface area contributed by atoms with Crippen molar-refractivity contribution in [1.29, 1.82) is 0 Å². The molecule has 2 heterocycles. The van der Waals surface area contributed by atoms with Crippen molar-refractivity contribution in [1.82, 2.24) is 9.47 Å². The number of ketones is 1. The lowest BCUT2D eigenvalue weighted by molar-refractivity contribution is -0.122. The van der Waals surface area contributed by atoms with Gasteiger partial charge in [0.2, 0.25) is 0 Å². The van der Waals surface area contributed by atoms with Gasteiger partial charge in [0.15, 0.2) is 0 Å². The number of hydrogen-bond acceptors (Lipinski definition) is 5. The molecule has 1 saturated heterocycles. The van der Waals surface area contributed by atoms with Crippen LogP contribution in [-0.2, 0) is 11.3 Å². The van der Waals surface area contributed by atoms with Gasteiger partial charge in [-0.25, -0.2) is 0 Å². The molecule has 1 atom stereocenters. The molecule has 2 aromatic carbocycles. The molecule has 0 aliphatic carbocycles. The molecule has 3 aromatic rings. The molecule has 4 rings (SSSR count). The van der Waals surface area contributed by atoms with Gasteiger partial charge in [-0.2, -0.15) is 0 Å². The molecule has 1 unspecified atom stereocenters. The number of Topliss-reactive ketones (excluding diaryl/α,β-unsaturated/α-hetero) is 1. The molecule has 38 heavy (non-hydrogen) atoms. The number of rotatable bonds is 12. The quantitative estimate of drug-likeness (QED) is 0.245.